The van der Waals surface area contributed by atoms with Crippen LogP contribution in [0.2, 0.25) is 0 Å². The summed E-state index contributed by atoms with van der Waals surface area (Å²) < 4.78 is 5.56. The van der Waals surface area contributed by atoms with Crippen LogP contribution in [0.15, 0.2) is 0 Å². The topological polar surface area (TPSA) is 55.6 Å². The van der Waals surface area contributed by atoms with Crippen molar-refractivity contribution in [3.8, 4) is 0 Å². The van der Waals surface area contributed by atoms with Crippen LogP contribution in [0.3, 0.4) is 0 Å². The number of rotatable bonds is 2. The summed E-state index contributed by atoms with van der Waals surface area (Å²) in [4.78, 5) is 13.9. The molecule has 1 amide bonds. The fourth-order valence-corrected chi connectivity index (χ4v) is 1.72. The van der Waals surface area contributed by atoms with Crippen molar-refractivity contribution in [1.82, 2.24) is 4.90 Å². The summed E-state index contributed by atoms with van der Waals surface area (Å²) in [5.74, 6) is 0.0280. The van der Waals surface area contributed by atoms with Crippen LogP contribution in [-0.4, -0.2) is 42.1 Å². The number of amides is 1. The van der Waals surface area contributed by atoms with E-state index in [9.17, 15) is 4.79 Å². The van der Waals surface area contributed by atoms with E-state index in [4.69, 9.17) is 10.5 Å². The van der Waals surface area contributed by atoms with Crippen LogP contribution >= 0.6 is 0 Å². The second kappa shape index (κ2) is 4.49. The number of nitrogens with two attached hydrogens (primary N) is 1. The quantitative estimate of drug-likeness (QED) is 0.732. The van der Waals surface area contributed by atoms with E-state index in [0.29, 0.717) is 19.7 Å². The lowest BCUT2D eigenvalue weighted by Crippen LogP contribution is -2.53. The zero-order valence-corrected chi connectivity index (χ0v) is 10.1. The third-order valence-corrected chi connectivity index (χ3v) is 2.92. The lowest BCUT2D eigenvalue weighted by molar-refractivity contribution is -0.150. The zero-order valence-electron chi connectivity index (χ0n) is 10.1. The normalized spacial score (nSPS) is 24.7. The smallest absolute Gasteiger partial charge is 0.227 e. The highest BCUT2D eigenvalue weighted by Crippen LogP contribution is 2.18. The largest absolute Gasteiger partial charge is 0.372 e. The first kappa shape index (κ1) is 12.5. The average Bonchev–Trinajstić information content (AvgIpc) is 2.13. The molecule has 1 rings (SSSR count). The first-order valence-corrected chi connectivity index (χ1v) is 5.52. The first-order chi connectivity index (χ1) is 6.83. The van der Waals surface area contributed by atoms with Gasteiger partial charge in [-0.05, 0) is 20.8 Å². The number of hydrogen-bond donors (Lipinski definition) is 1. The molecule has 0 aromatic carbocycles. The zero-order chi connectivity index (χ0) is 11.6. The molecule has 0 saturated carbocycles. The molecule has 1 saturated heterocycles. The molecular formula is C11H22N2O2. The molecule has 2 atom stereocenters. The van der Waals surface area contributed by atoms with Crippen LogP contribution in [0.5, 0.6) is 0 Å². The molecule has 0 aliphatic carbocycles. The molecule has 0 aromatic heterocycles. The first-order valence-electron chi connectivity index (χ1n) is 5.52. The second-order valence-electron chi connectivity index (χ2n) is 5.02. The molecule has 1 aliphatic heterocycles. The second-order valence-corrected chi connectivity index (χ2v) is 5.02. The van der Waals surface area contributed by atoms with Gasteiger partial charge in [-0.1, -0.05) is 6.92 Å². The minimum Gasteiger partial charge on any atom is -0.372 e. The van der Waals surface area contributed by atoms with E-state index in [1.807, 2.05) is 32.6 Å². The van der Waals surface area contributed by atoms with Gasteiger partial charge in [-0.2, -0.15) is 0 Å². The molecule has 1 aliphatic rings. The van der Waals surface area contributed by atoms with Gasteiger partial charge in [-0.3, -0.25) is 4.79 Å². The average molecular weight is 214 g/mol. The number of ether oxygens (including phenoxy) is 1. The summed E-state index contributed by atoms with van der Waals surface area (Å²) in [6.07, 6.45) is 0. The Morgan fingerprint density at radius 2 is 2.07 bits per heavy atom. The van der Waals surface area contributed by atoms with E-state index in [1.54, 1.807) is 0 Å². The van der Waals surface area contributed by atoms with Crippen LogP contribution in [-0.2, 0) is 9.53 Å². The minimum atomic E-state index is -0.231. The van der Waals surface area contributed by atoms with Gasteiger partial charge in [-0.25, -0.2) is 0 Å². The van der Waals surface area contributed by atoms with Crippen LogP contribution in [0.25, 0.3) is 0 Å². The Morgan fingerprint density at radius 3 is 2.53 bits per heavy atom. The molecule has 1 heterocycles. The summed E-state index contributed by atoms with van der Waals surface area (Å²) in [6, 6.07) is -0.0940. The predicted molar refractivity (Wildman–Crippen MR) is 59.4 cm³/mol. The Balaban J connectivity index is 2.60. The molecule has 0 spiro atoms. The fourth-order valence-electron chi connectivity index (χ4n) is 1.72. The predicted octanol–water partition coefficient (Wildman–Crippen LogP) is 0.607. The van der Waals surface area contributed by atoms with Gasteiger partial charge in [-0.15, -0.1) is 0 Å². The fraction of sp³-hybridized carbons (Fsp3) is 0.909. The molecule has 88 valence electrons. The van der Waals surface area contributed by atoms with Crippen LogP contribution < -0.4 is 5.73 Å². The van der Waals surface area contributed by atoms with Crippen molar-refractivity contribution in [2.75, 3.05) is 19.7 Å². The lowest BCUT2D eigenvalue weighted by Gasteiger charge is -2.39. The van der Waals surface area contributed by atoms with Gasteiger partial charge in [0.05, 0.1) is 18.1 Å². The number of carbonyl (C=O) groups excluding carboxylic acids is 1. The van der Waals surface area contributed by atoms with E-state index in [-0.39, 0.29) is 23.5 Å². The van der Waals surface area contributed by atoms with E-state index in [2.05, 4.69) is 0 Å². The van der Waals surface area contributed by atoms with E-state index in [0.717, 1.165) is 0 Å². The molecule has 1 fully saturated rings. The summed E-state index contributed by atoms with van der Waals surface area (Å²) in [7, 11) is 0. The van der Waals surface area contributed by atoms with Gasteiger partial charge in [0.1, 0.15) is 0 Å². The Bertz CT molecular complexity index is 239. The van der Waals surface area contributed by atoms with Gasteiger partial charge >= 0.3 is 0 Å². The lowest BCUT2D eigenvalue weighted by atomic mass is 10.0. The van der Waals surface area contributed by atoms with Gasteiger partial charge in [0.2, 0.25) is 5.91 Å². The van der Waals surface area contributed by atoms with E-state index < -0.39 is 0 Å². The number of nitrogens with zero attached hydrogens (tertiary/aromatic N) is 1. The summed E-state index contributed by atoms with van der Waals surface area (Å²) in [6.45, 7) is 9.71. The Kier molecular flexibility index (Phi) is 3.73. The molecule has 2 N–H and O–H groups in total. The Morgan fingerprint density at radius 1 is 1.47 bits per heavy atom. The highest BCUT2D eigenvalue weighted by Gasteiger charge is 2.32. The summed E-state index contributed by atoms with van der Waals surface area (Å²) >= 11 is 0. The number of carbonyl (C=O) groups is 1. The maximum absolute atomic E-state index is 12.0. The van der Waals surface area contributed by atoms with Crippen LogP contribution in [0.1, 0.15) is 27.7 Å². The minimum absolute atomic E-state index is 0.0940. The maximum Gasteiger partial charge on any atom is 0.227 e. The molecule has 0 aromatic rings. The van der Waals surface area contributed by atoms with Gasteiger partial charge < -0.3 is 15.4 Å². The van der Waals surface area contributed by atoms with Crippen LogP contribution in [0.4, 0.5) is 0 Å². The van der Waals surface area contributed by atoms with Gasteiger partial charge in [0, 0.05) is 19.1 Å². The third-order valence-electron chi connectivity index (χ3n) is 2.92. The van der Waals surface area contributed by atoms with Gasteiger partial charge in [0.15, 0.2) is 0 Å². The van der Waals surface area contributed by atoms with Crippen molar-refractivity contribution < 1.29 is 9.53 Å². The van der Waals surface area contributed by atoms with Crippen molar-refractivity contribution in [2.45, 2.75) is 39.3 Å². The molecule has 0 radical (unpaired) electrons. The molecule has 4 heteroatoms. The maximum atomic E-state index is 12.0. The molecule has 0 bridgehead atoms. The van der Waals surface area contributed by atoms with Crippen molar-refractivity contribution in [3.05, 3.63) is 0 Å². The highest BCUT2D eigenvalue weighted by atomic mass is 16.5. The van der Waals surface area contributed by atoms with Gasteiger partial charge in [0.25, 0.3) is 0 Å². The molecule has 2 unspecified atom stereocenters. The Labute approximate surface area is 91.8 Å². The third kappa shape index (κ3) is 3.18. The van der Waals surface area contributed by atoms with Crippen molar-refractivity contribution in [2.24, 2.45) is 11.7 Å². The number of hydrogen-bond acceptors (Lipinski definition) is 3. The highest BCUT2D eigenvalue weighted by molar-refractivity contribution is 5.79. The van der Waals surface area contributed by atoms with Crippen LogP contribution in [0, 0.1) is 5.92 Å². The number of morpholine rings is 1. The molecular weight excluding hydrogens is 192 g/mol. The van der Waals surface area contributed by atoms with Crippen molar-refractivity contribution in [3.63, 3.8) is 0 Å². The van der Waals surface area contributed by atoms with E-state index in [1.165, 1.54) is 0 Å². The standard InChI is InChI=1S/C11H22N2O2/c1-8(9(2)12)10(14)13-5-6-15-11(3,4)7-13/h8-9H,5-7,12H2,1-4H3. The SMILES string of the molecule is CC(N)C(C)C(=O)N1CCOC(C)(C)C1. The molecule has 15 heavy (non-hydrogen) atoms. The summed E-state index contributed by atoms with van der Waals surface area (Å²) in [5.41, 5.74) is 5.50. The van der Waals surface area contributed by atoms with Crippen molar-refractivity contribution in [1.29, 1.82) is 0 Å². The molecule has 4 nitrogen and oxygen atoms in total. The van der Waals surface area contributed by atoms with Crippen molar-refractivity contribution >= 4 is 5.91 Å². The summed E-state index contributed by atoms with van der Waals surface area (Å²) in [5, 5.41) is 0. The van der Waals surface area contributed by atoms with E-state index >= 15 is 0 Å². The monoisotopic (exact) mass is 214 g/mol. The Hall–Kier alpha value is -0.610.